The lowest BCUT2D eigenvalue weighted by Crippen LogP contribution is -2.41. The zero-order valence-corrected chi connectivity index (χ0v) is 19.1. The van der Waals surface area contributed by atoms with Crippen molar-refractivity contribution in [3.63, 3.8) is 0 Å². The predicted octanol–water partition coefficient (Wildman–Crippen LogP) is 5.12. The number of amides is 1. The fourth-order valence-electron chi connectivity index (χ4n) is 5.48. The van der Waals surface area contributed by atoms with Gasteiger partial charge in [-0.15, -0.1) is 0 Å². The van der Waals surface area contributed by atoms with Gasteiger partial charge in [-0.05, 0) is 62.3 Å². The monoisotopic (exact) mass is 479 g/mol. The summed E-state index contributed by atoms with van der Waals surface area (Å²) in [5.74, 6) is 0.273. The van der Waals surface area contributed by atoms with Crippen molar-refractivity contribution in [1.82, 2.24) is 19.9 Å². The first-order chi connectivity index (χ1) is 16.7. The number of carbonyl (C=O) groups is 1. The van der Waals surface area contributed by atoms with Gasteiger partial charge < -0.3 is 10.2 Å². The number of aryl methyl sites for hydroxylation is 1. The summed E-state index contributed by atoms with van der Waals surface area (Å²) in [6, 6.07) is 9.86. The van der Waals surface area contributed by atoms with Gasteiger partial charge in [0.15, 0.2) is 0 Å². The Balaban J connectivity index is 1.29. The van der Waals surface area contributed by atoms with Crippen LogP contribution < -0.4 is 5.32 Å². The SMILES string of the molecule is Cc1ccc(-c2cccnc2)c(C(=O)N2CC3(CC3)CC23CC3Nc2ccc(C(F)(F)F)cn2)n1. The van der Waals surface area contributed by atoms with E-state index in [-0.39, 0.29) is 22.9 Å². The summed E-state index contributed by atoms with van der Waals surface area (Å²) >= 11 is 0. The molecule has 180 valence electrons. The molecule has 2 aliphatic carbocycles. The number of alkyl halides is 3. The number of carbonyl (C=O) groups excluding carboxylic acids is 1. The van der Waals surface area contributed by atoms with E-state index in [0.29, 0.717) is 18.1 Å². The Bertz CT molecular complexity index is 1290. The molecule has 1 aliphatic heterocycles. The summed E-state index contributed by atoms with van der Waals surface area (Å²) in [6.45, 7) is 2.54. The fraction of sp³-hybridized carbons (Fsp3) is 0.385. The van der Waals surface area contributed by atoms with E-state index in [1.165, 1.54) is 6.07 Å². The maximum atomic E-state index is 14.0. The number of hydrogen-bond donors (Lipinski definition) is 1. The Labute approximate surface area is 200 Å². The van der Waals surface area contributed by atoms with Crippen LogP contribution in [0.1, 0.15) is 47.4 Å². The standard InChI is InChI=1S/C26H24F3N5O/c1-16-4-6-19(17-3-2-10-30-12-17)22(32-16)23(35)34-15-24(8-9-24)14-25(34)11-20(25)33-21-7-5-18(13-31-21)26(27,28)29/h2-7,10,12-13,20H,8-9,11,14-15H2,1H3,(H,31,33). The van der Waals surface area contributed by atoms with E-state index in [9.17, 15) is 18.0 Å². The molecule has 35 heavy (non-hydrogen) atoms. The lowest BCUT2D eigenvalue weighted by Gasteiger charge is -2.26. The molecule has 3 aliphatic rings. The van der Waals surface area contributed by atoms with Crippen molar-refractivity contribution in [2.45, 2.75) is 50.4 Å². The number of likely N-dealkylation sites (tertiary alicyclic amines) is 1. The minimum Gasteiger partial charge on any atom is -0.365 e. The van der Waals surface area contributed by atoms with Crippen LogP contribution in [0.5, 0.6) is 0 Å². The van der Waals surface area contributed by atoms with Crippen molar-refractivity contribution in [3.8, 4) is 11.1 Å². The first-order valence-electron chi connectivity index (χ1n) is 11.7. The van der Waals surface area contributed by atoms with E-state index in [2.05, 4.69) is 20.3 Å². The summed E-state index contributed by atoms with van der Waals surface area (Å²) in [6.07, 6.45) is 3.62. The van der Waals surface area contributed by atoms with Crippen molar-refractivity contribution < 1.29 is 18.0 Å². The normalized spacial score (nSPS) is 24.1. The van der Waals surface area contributed by atoms with E-state index in [0.717, 1.165) is 54.8 Å². The summed E-state index contributed by atoms with van der Waals surface area (Å²) in [5, 5.41) is 3.28. The highest BCUT2D eigenvalue weighted by Crippen LogP contribution is 2.65. The van der Waals surface area contributed by atoms with Gasteiger partial charge in [0, 0.05) is 42.0 Å². The minimum atomic E-state index is -4.42. The second-order valence-corrected chi connectivity index (χ2v) is 10.1. The van der Waals surface area contributed by atoms with Crippen molar-refractivity contribution in [1.29, 1.82) is 0 Å². The molecule has 0 bridgehead atoms. The Morgan fingerprint density at radius 2 is 1.97 bits per heavy atom. The highest BCUT2D eigenvalue weighted by molar-refractivity contribution is 6.00. The number of pyridine rings is 3. The number of aromatic nitrogens is 3. The highest BCUT2D eigenvalue weighted by atomic mass is 19.4. The Morgan fingerprint density at radius 1 is 1.14 bits per heavy atom. The number of halogens is 3. The van der Waals surface area contributed by atoms with Gasteiger partial charge in [0.2, 0.25) is 0 Å². The molecule has 1 N–H and O–H groups in total. The van der Waals surface area contributed by atoms with E-state index >= 15 is 0 Å². The maximum Gasteiger partial charge on any atom is 0.417 e. The second kappa shape index (κ2) is 7.50. The Kier molecular flexibility index (Phi) is 4.72. The molecule has 6 rings (SSSR count). The van der Waals surface area contributed by atoms with Gasteiger partial charge in [-0.25, -0.2) is 9.97 Å². The van der Waals surface area contributed by atoms with Gasteiger partial charge in [-0.1, -0.05) is 12.1 Å². The lowest BCUT2D eigenvalue weighted by molar-refractivity contribution is -0.137. The Hall–Kier alpha value is -3.49. The number of rotatable bonds is 4. The molecule has 2 atom stereocenters. The van der Waals surface area contributed by atoms with Crippen LogP contribution in [-0.2, 0) is 6.18 Å². The van der Waals surface area contributed by atoms with Crippen molar-refractivity contribution >= 4 is 11.7 Å². The largest absolute Gasteiger partial charge is 0.417 e. The van der Waals surface area contributed by atoms with Crippen molar-refractivity contribution in [2.24, 2.45) is 5.41 Å². The molecule has 3 aromatic rings. The zero-order valence-electron chi connectivity index (χ0n) is 19.1. The summed E-state index contributed by atoms with van der Waals surface area (Å²) < 4.78 is 38.7. The average Bonchev–Trinajstić information content (AvgIpc) is 3.71. The predicted molar refractivity (Wildman–Crippen MR) is 124 cm³/mol. The number of nitrogens with zero attached hydrogens (tertiary/aromatic N) is 4. The van der Waals surface area contributed by atoms with E-state index in [1.54, 1.807) is 12.4 Å². The third-order valence-corrected chi connectivity index (χ3v) is 7.58. The summed E-state index contributed by atoms with van der Waals surface area (Å²) in [7, 11) is 0. The zero-order chi connectivity index (χ0) is 24.4. The maximum absolute atomic E-state index is 14.0. The topological polar surface area (TPSA) is 71.0 Å². The van der Waals surface area contributed by atoms with Crippen LogP contribution >= 0.6 is 0 Å². The molecule has 1 saturated heterocycles. The van der Waals surface area contributed by atoms with Crippen LogP contribution in [0.3, 0.4) is 0 Å². The van der Waals surface area contributed by atoms with Gasteiger partial charge in [0.05, 0.1) is 17.1 Å². The molecule has 2 unspecified atom stereocenters. The van der Waals surface area contributed by atoms with E-state index in [1.807, 2.05) is 36.1 Å². The summed E-state index contributed by atoms with van der Waals surface area (Å²) in [4.78, 5) is 28.8. The van der Waals surface area contributed by atoms with Gasteiger partial charge >= 0.3 is 6.18 Å². The molecule has 6 nitrogen and oxygen atoms in total. The first kappa shape index (κ1) is 22.0. The summed E-state index contributed by atoms with van der Waals surface area (Å²) in [5.41, 5.74) is 1.72. The van der Waals surface area contributed by atoms with Crippen LogP contribution in [0.2, 0.25) is 0 Å². The van der Waals surface area contributed by atoms with Crippen LogP contribution in [-0.4, -0.2) is 43.9 Å². The lowest BCUT2D eigenvalue weighted by atomic mass is 10.0. The number of anilines is 1. The molecule has 2 saturated carbocycles. The fourth-order valence-corrected chi connectivity index (χ4v) is 5.48. The number of hydrogen-bond acceptors (Lipinski definition) is 5. The van der Waals surface area contributed by atoms with Crippen LogP contribution in [0.15, 0.2) is 55.0 Å². The molecular weight excluding hydrogens is 455 g/mol. The minimum absolute atomic E-state index is 0.0673. The molecule has 1 amide bonds. The van der Waals surface area contributed by atoms with Gasteiger partial charge in [0.25, 0.3) is 5.91 Å². The quantitative estimate of drug-likeness (QED) is 0.563. The van der Waals surface area contributed by atoms with Crippen LogP contribution in [0.4, 0.5) is 19.0 Å². The molecule has 3 aromatic heterocycles. The van der Waals surface area contributed by atoms with E-state index < -0.39 is 11.7 Å². The first-order valence-corrected chi connectivity index (χ1v) is 11.7. The van der Waals surface area contributed by atoms with Crippen LogP contribution in [0, 0.1) is 12.3 Å². The molecule has 3 fully saturated rings. The van der Waals surface area contributed by atoms with Gasteiger partial charge in [-0.2, -0.15) is 13.2 Å². The second-order valence-electron chi connectivity index (χ2n) is 10.1. The highest BCUT2D eigenvalue weighted by Gasteiger charge is 2.70. The van der Waals surface area contributed by atoms with Gasteiger partial charge in [-0.3, -0.25) is 9.78 Å². The average molecular weight is 480 g/mol. The Morgan fingerprint density at radius 3 is 2.63 bits per heavy atom. The van der Waals surface area contributed by atoms with Crippen molar-refractivity contribution in [3.05, 3.63) is 71.9 Å². The molecule has 0 aromatic carbocycles. The molecule has 2 spiro atoms. The third-order valence-electron chi connectivity index (χ3n) is 7.58. The molecule has 9 heteroatoms. The molecule has 0 radical (unpaired) electrons. The molecular formula is C26H24F3N5O. The van der Waals surface area contributed by atoms with Crippen LogP contribution in [0.25, 0.3) is 11.1 Å². The number of nitrogens with one attached hydrogen (secondary N) is 1. The van der Waals surface area contributed by atoms with E-state index in [4.69, 9.17) is 0 Å². The van der Waals surface area contributed by atoms with Crippen molar-refractivity contribution in [2.75, 3.05) is 11.9 Å². The molecule has 4 heterocycles. The third kappa shape index (κ3) is 3.83. The smallest absolute Gasteiger partial charge is 0.365 e. The van der Waals surface area contributed by atoms with Gasteiger partial charge in [0.1, 0.15) is 11.5 Å².